The highest BCUT2D eigenvalue weighted by Gasteiger charge is 2.23. The van der Waals surface area contributed by atoms with E-state index in [2.05, 4.69) is 25.4 Å². The van der Waals surface area contributed by atoms with Crippen molar-refractivity contribution in [1.29, 1.82) is 0 Å². The van der Waals surface area contributed by atoms with Crippen LogP contribution in [0.1, 0.15) is 55.1 Å². The van der Waals surface area contributed by atoms with Gasteiger partial charge in [0.15, 0.2) is 5.82 Å². The third kappa shape index (κ3) is 4.54. The summed E-state index contributed by atoms with van der Waals surface area (Å²) < 4.78 is 1.95. The van der Waals surface area contributed by atoms with Crippen LogP contribution in [0.5, 0.6) is 0 Å². The maximum atomic E-state index is 12.7. The lowest BCUT2D eigenvalue weighted by Crippen LogP contribution is -2.30. The Morgan fingerprint density at radius 2 is 2.07 bits per heavy atom. The molecule has 2 N–H and O–H groups in total. The van der Waals surface area contributed by atoms with E-state index in [1.165, 1.54) is 12.8 Å². The van der Waals surface area contributed by atoms with Gasteiger partial charge in [-0.05, 0) is 59.7 Å². The molecule has 2 heterocycles. The molecule has 0 unspecified atom stereocenters. The molecule has 0 amide bonds. The van der Waals surface area contributed by atoms with Crippen LogP contribution in [0.2, 0.25) is 0 Å². The summed E-state index contributed by atoms with van der Waals surface area (Å²) in [4.78, 5) is 17.8. The summed E-state index contributed by atoms with van der Waals surface area (Å²) in [7, 11) is 0. The summed E-state index contributed by atoms with van der Waals surface area (Å²) in [5.74, 6) is 0.822. The van der Waals surface area contributed by atoms with Crippen LogP contribution in [0.3, 0.4) is 0 Å². The van der Waals surface area contributed by atoms with Gasteiger partial charge in [0.1, 0.15) is 0 Å². The van der Waals surface area contributed by atoms with Crippen LogP contribution in [0.4, 0.5) is 0 Å². The van der Waals surface area contributed by atoms with Gasteiger partial charge in [0.25, 0.3) is 5.56 Å². The number of pyridine rings is 1. The quantitative estimate of drug-likeness (QED) is 0.606. The number of fused-ring (bicyclic) bond motifs is 1. The first-order valence-corrected chi connectivity index (χ1v) is 10.4. The number of aryl methyl sites for hydroxylation is 1. The van der Waals surface area contributed by atoms with Crippen molar-refractivity contribution in [2.45, 2.75) is 58.2 Å². The van der Waals surface area contributed by atoms with Gasteiger partial charge < -0.3 is 10.1 Å². The third-order valence-electron chi connectivity index (χ3n) is 5.70. The van der Waals surface area contributed by atoms with E-state index in [4.69, 9.17) is 0 Å². The van der Waals surface area contributed by atoms with Gasteiger partial charge in [0, 0.05) is 30.8 Å². The molecule has 4 rings (SSSR count). The molecule has 0 spiro atoms. The first kappa shape index (κ1) is 19.7. The van der Waals surface area contributed by atoms with Gasteiger partial charge in [0.2, 0.25) is 0 Å². The summed E-state index contributed by atoms with van der Waals surface area (Å²) in [5.41, 5.74) is 2.60. The predicted molar refractivity (Wildman–Crippen MR) is 110 cm³/mol. The average Bonchev–Trinajstić information content (AvgIpc) is 3.38. The van der Waals surface area contributed by atoms with Gasteiger partial charge in [-0.2, -0.15) is 0 Å². The summed E-state index contributed by atoms with van der Waals surface area (Å²) in [6.45, 7) is 3.82. The van der Waals surface area contributed by atoms with Crippen molar-refractivity contribution >= 4 is 10.9 Å². The molecule has 8 heteroatoms. The Hall–Kier alpha value is -2.58. The Morgan fingerprint density at radius 1 is 1.24 bits per heavy atom. The number of nitrogens with zero attached hydrogens (tertiary/aromatic N) is 5. The molecule has 154 valence electrons. The predicted octanol–water partition coefficient (Wildman–Crippen LogP) is 2.32. The number of hydrogen-bond acceptors (Lipinski definition) is 6. The average molecular weight is 396 g/mol. The maximum Gasteiger partial charge on any atom is 0.252 e. The number of benzene rings is 1. The highest BCUT2D eigenvalue weighted by Crippen LogP contribution is 2.29. The number of nitrogens with one attached hydrogen (secondary N) is 1. The number of aromatic nitrogens is 5. The third-order valence-corrected chi connectivity index (χ3v) is 5.70. The van der Waals surface area contributed by atoms with Gasteiger partial charge >= 0.3 is 0 Å². The summed E-state index contributed by atoms with van der Waals surface area (Å²) in [6.07, 6.45) is 5.28. The number of H-pyrrole nitrogens is 1. The molecule has 1 fully saturated rings. The highest BCUT2D eigenvalue weighted by atomic mass is 16.3. The van der Waals surface area contributed by atoms with E-state index >= 15 is 0 Å². The molecule has 29 heavy (non-hydrogen) atoms. The number of aromatic amines is 1. The van der Waals surface area contributed by atoms with Gasteiger partial charge in [-0.3, -0.25) is 9.69 Å². The molecule has 1 aromatic carbocycles. The van der Waals surface area contributed by atoms with E-state index in [0.717, 1.165) is 35.1 Å². The van der Waals surface area contributed by atoms with E-state index in [1.54, 1.807) is 0 Å². The molecule has 0 saturated heterocycles. The smallest absolute Gasteiger partial charge is 0.252 e. The van der Waals surface area contributed by atoms with E-state index in [0.29, 0.717) is 37.7 Å². The Labute approximate surface area is 169 Å². The monoisotopic (exact) mass is 396 g/mol. The number of aliphatic hydroxyl groups is 1. The Bertz CT molecular complexity index is 1020. The molecule has 0 atom stereocenters. The zero-order valence-corrected chi connectivity index (χ0v) is 16.8. The van der Waals surface area contributed by atoms with E-state index in [1.807, 2.05) is 35.9 Å². The van der Waals surface area contributed by atoms with Gasteiger partial charge in [-0.1, -0.05) is 25.0 Å². The van der Waals surface area contributed by atoms with Gasteiger partial charge in [0.05, 0.1) is 12.6 Å². The molecule has 8 nitrogen and oxygen atoms in total. The van der Waals surface area contributed by atoms with Crippen LogP contribution < -0.4 is 5.56 Å². The molecule has 3 aromatic rings. The van der Waals surface area contributed by atoms with E-state index in [-0.39, 0.29) is 12.2 Å². The van der Waals surface area contributed by atoms with Crippen molar-refractivity contribution in [3.8, 4) is 0 Å². The minimum Gasteiger partial charge on any atom is -0.396 e. The minimum atomic E-state index is -0.0764. The van der Waals surface area contributed by atoms with Crippen LogP contribution >= 0.6 is 0 Å². The molecule has 1 saturated carbocycles. The summed E-state index contributed by atoms with van der Waals surface area (Å²) in [5, 5.41) is 22.7. The van der Waals surface area contributed by atoms with Crippen molar-refractivity contribution in [3.63, 3.8) is 0 Å². The van der Waals surface area contributed by atoms with Crippen LogP contribution in [0, 0.1) is 6.92 Å². The fraction of sp³-hybridized carbons (Fsp3) is 0.524. The lowest BCUT2D eigenvalue weighted by Gasteiger charge is -2.22. The van der Waals surface area contributed by atoms with E-state index < -0.39 is 0 Å². The Kier molecular flexibility index (Phi) is 6.01. The molecule has 0 aliphatic heterocycles. The number of hydrogen-bond donors (Lipinski definition) is 2. The lowest BCUT2D eigenvalue weighted by molar-refractivity contribution is 0.204. The topological polar surface area (TPSA) is 99.9 Å². The SMILES string of the molecule is Cc1ccc2cc(CN(CCCO)Cc3nnnn3C3CCCC3)c(=O)[nH]c2c1. The van der Waals surface area contributed by atoms with Crippen LogP contribution in [0.25, 0.3) is 10.9 Å². The second-order valence-electron chi connectivity index (χ2n) is 7.98. The van der Waals surface area contributed by atoms with Gasteiger partial charge in [-0.25, -0.2) is 4.68 Å². The lowest BCUT2D eigenvalue weighted by atomic mass is 10.1. The van der Waals surface area contributed by atoms with Crippen molar-refractivity contribution in [2.24, 2.45) is 0 Å². The first-order chi connectivity index (χ1) is 14.1. The zero-order valence-electron chi connectivity index (χ0n) is 16.8. The van der Waals surface area contributed by atoms with Crippen molar-refractivity contribution in [1.82, 2.24) is 30.1 Å². The van der Waals surface area contributed by atoms with Crippen LogP contribution in [0.15, 0.2) is 29.1 Å². The molecular weight excluding hydrogens is 368 g/mol. The van der Waals surface area contributed by atoms with E-state index in [9.17, 15) is 9.90 Å². The zero-order chi connectivity index (χ0) is 20.2. The van der Waals surface area contributed by atoms with Crippen molar-refractivity contribution in [3.05, 3.63) is 51.6 Å². The second kappa shape index (κ2) is 8.84. The van der Waals surface area contributed by atoms with Crippen LogP contribution in [-0.4, -0.2) is 48.3 Å². The molecule has 1 aliphatic carbocycles. The largest absolute Gasteiger partial charge is 0.396 e. The first-order valence-electron chi connectivity index (χ1n) is 10.4. The normalized spacial score (nSPS) is 15.0. The highest BCUT2D eigenvalue weighted by molar-refractivity contribution is 5.79. The molecule has 0 radical (unpaired) electrons. The molecule has 1 aliphatic rings. The fourth-order valence-electron chi connectivity index (χ4n) is 4.18. The fourth-order valence-corrected chi connectivity index (χ4v) is 4.18. The standard InChI is InChI=1S/C21H28N6O2/c1-15-7-8-16-12-17(21(29)22-19(16)11-15)13-26(9-4-10-28)14-20-23-24-25-27(20)18-5-2-3-6-18/h7-8,11-12,18,28H,2-6,9-10,13-14H2,1H3,(H,22,29). The Morgan fingerprint density at radius 3 is 2.86 bits per heavy atom. The van der Waals surface area contributed by atoms with Crippen molar-refractivity contribution < 1.29 is 5.11 Å². The molecule has 0 bridgehead atoms. The molecule has 2 aromatic heterocycles. The minimum absolute atomic E-state index is 0.0764. The summed E-state index contributed by atoms with van der Waals surface area (Å²) >= 11 is 0. The number of rotatable bonds is 8. The van der Waals surface area contributed by atoms with Gasteiger partial charge in [-0.15, -0.1) is 5.10 Å². The second-order valence-corrected chi connectivity index (χ2v) is 7.98. The Balaban J connectivity index is 1.57. The summed E-state index contributed by atoms with van der Waals surface area (Å²) in [6, 6.07) is 8.39. The number of aliphatic hydroxyl groups excluding tert-OH is 1. The molecular formula is C21H28N6O2. The maximum absolute atomic E-state index is 12.7. The van der Waals surface area contributed by atoms with Crippen molar-refractivity contribution in [2.75, 3.05) is 13.2 Å². The number of tetrazole rings is 1. The van der Waals surface area contributed by atoms with Crippen LogP contribution in [-0.2, 0) is 13.1 Å².